The Balaban J connectivity index is 1.12. The van der Waals surface area contributed by atoms with Crippen LogP contribution in [0.5, 0.6) is 0 Å². The van der Waals surface area contributed by atoms with Gasteiger partial charge in [-0.3, -0.25) is 4.98 Å². The van der Waals surface area contributed by atoms with Crippen LogP contribution in [-0.2, 0) is 10.8 Å². The van der Waals surface area contributed by atoms with E-state index >= 15 is 0 Å². The molecule has 9 aromatic carbocycles. The van der Waals surface area contributed by atoms with Gasteiger partial charge in [0.2, 0.25) is 0 Å². The Bertz CT molecular complexity index is 3270. The molecule has 4 heteroatoms. The van der Waals surface area contributed by atoms with Crippen molar-refractivity contribution in [1.82, 2.24) is 4.98 Å². The molecule has 0 fully saturated rings. The number of nitrogens with zero attached hydrogens (tertiary/aromatic N) is 4. The number of benzene rings is 9. The number of fused-ring (bicyclic) bond motifs is 4. The van der Waals surface area contributed by atoms with E-state index in [1.807, 2.05) is 24.5 Å². The minimum atomic E-state index is -0.621. The molecule has 310 valence electrons. The molecule has 0 N–H and O–H groups in total. The first-order valence-electron chi connectivity index (χ1n) is 22.4. The van der Waals surface area contributed by atoms with E-state index in [2.05, 4.69) is 246 Å². The van der Waals surface area contributed by atoms with E-state index in [0.717, 1.165) is 45.3 Å². The number of hydrogen-bond donors (Lipinski definition) is 0. The van der Waals surface area contributed by atoms with Gasteiger partial charge in [-0.05, 0) is 93.0 Å². The zero-order valence-electron chi connectivity index (χ0n) is 36.0. The van der Waals surface area contributed by atoms with E-state index in [9.17, 15) is 5.26 Å². The Morgan fingerprint density at radius 3 is 1.03 bits per heavy atom. The van der Waals surface area contributed by atoms with Crippen molar-refractivity contribution in [2.45, 2.75) is 10.8 Å². The van der Waals surface area contributed by atoms with Gasteiger partial charge in [0, 0.05) is 23.5 Å². The molecule has 0 bridgehead atoms. The first-order valence-corrected chi connectivity index (χ1v) is 22.4. The van der Waals surface area contributed by atoms with Crippen molar-refractivity contribution in [3.63, 3.8) is 0 Å². The summed E-state index contributed by atoms with van der Waals surface area (Å²) in [6, 6.07) is 89.5. The van der Waals surface area contributed by atoms with Gasteiger partial charge in [0.05, 0.1) is 56.6 Å². The molecule has 66 heavy (non-hydrogen) atoms. The molecule has 10 aromatic rings. The van der Waals surface area contributed by atoms with E-state index in [4.69, 9.17) is 4.98 Å². The molecule has 1 aromatic heterocycles. The highest BCUT2D eigenvalue weighted by Gasteiger charge is 2.48. The van der Waals surface area contributed by atoms with E-state index < -0.39 is 10.8 Å². The van der Waals surface area contributed by atoms with Gasteiger partial charge in [-0.15, -0.1) is 0 Å². The van der Waals surface area contributed by atoms with Crippen molar-refractivity contribution in [2.24, 2.45) is 0 Å². The quantitative estimate of drug-likeness (QED) is 0.160. The third-order valence-corrected chi connectivity index (χ3v) is 13.7. The van der Waals surface area contributed by atoms with Gasteiger partial charge in [-0.2, -0.15) is 5.26 Å². The molecule has 3 heterocycles. The molecule has 12 rings (SSSR count). The topological polar surface area (TPSA) is 43.2 Å². The van der Waals surface area contributed by atoms with E-state index in [-0.39, 0.29) is 0 Å². The van der Waals surface area contributed by atoms with Crippen LogP contribution in [0, 0.1) is 11.3 Å². The Labute approximate surface area is 385 Å². The molecule has 0 aliphatic carbocycles. The Morgan fingerprint density at radius 2 is 0.667 bits per heavy atom. The fourth-order valence-electron chi connectivity index (χ4n) is 11.1. The summed E-state index contributed by atoms with van der Waals surface area (Å²) >= 11 is 0. The van der Waals surface area contributed by atoms with Gasteiger partial charge in [0.1, 0.15) is 0 Å². The highest BCUT2D eigenvalue weighted by atomic mass is 15.2. The second kappa shape index (κ2) is 15.8. The minimum absolute atomic E-state index is 0.566. The number of hydrogen-bond acceptors (Lipinski definition) is 4. The summed E-state index contributed by atoms with van der Waals surface area (Å²) in [6.45, 7) is 0. The molecule has 2 aliphatic heterocycles. The molecule has 0 atom stereocenters. The van der Waals surface area contributed by atoms with Crippen molar-refractivity contribution in [3.05, 3.63) is 305 Å². The highest BCUT2D eigenvalue weighted by Crippen LogP contribution is 2.61. The number of anilines is 6. The zero-order chi connectivity index (χ0) is 44.1. The Hall–Kier alpha value is -8.78. The summed E-state index contributed by atoms with van der Waals surface area (Å²) < 4.78 is 0. The molecule has 0 spiro atoms. The van der Waals surface area contributed by atoms with Crippen LogP contribution >= 0.6 is 0 Å². The van der Waals surface area contributed by atoms with Crippen molar-refractivity contribution in [3.8, 4) is 17.2 Å². The normalized spacial score (nSPS) is 13.9. The predicted octanol–water partition coefficient (Wildman–Crippen LogP) is 15.0. The smallest absolute Gasteiger partial charge is 0.0991 e. The molecule has 0 unspecified atom stereocenters. The highest BCUT2D eigenvalue weighted by molar-refractivity contribution is 6.00. The minimum Gasteiger partial charge on any atom is -0.309 e. The number of rotatable bonds is 7. The van der Waals surface area contributed by atoms with Gasteiger partial charge in [-0.25, -0.2) is 0 Å². The third kappa shape index (κ3) is 5.67. The average molecular weight is 843 g/mol. The van der Waals surface area contributed by atoms with E-state index in [1.54, 1.807) is 0 Å². The largest absolute Gasteiger partial charge is 0.309 e. The van der Waals surface area contributed by atoms with Crippen LogP contribution in [0.15, 0.2) is 255 Å². The van der Waals surface area contributed by atoms with Crippen LogP contribution in [0.1, 0.15) is 50.1 Å². The van der Waals surface area contributed by atoms with Gasteiger partial charge in [0.15, 0.2) is 0 Å². The first kappa shape index (κ1) is 38.9. The molecule has 0 amide bonds. The van der Waals surface area contributed by atoms with Crippen LogP contribution < -0.4 is 9.80 Å². The number of pyridine rings is 1. The summed E-state index contributed by atoms with van der Waals surface area (Å²) in [5.74, 6) is 0. The molecule has 0 radical (unpaired) electrons. The maximum atomic E-state index is 10.6. The lowest BCUT2D eigenvalue weighted by molar-refractivity contribution is 0.731. The Morgan fingerprint density at radius 1 is 0.333 bits per heavy atom. The zero-order valence-corrected chi connectivity index (χ0v) is 36.0. The summed E-state index contributed by atoms with van der Waals surface area (Å²) in [6.07, 6.45) is 3.85. The van der Waals surface area contributed by atoms with Gasteiger partial charge < -0.3 is 9.80 Å². The lowest BCUT2D eigenvalue weighted by atomic mass is 9.62. The van der Waals surface area contributed by atoms with E-state index in [0.29, 0.717) is 5.56 Å². The molecular formula is C62H42N4. The lowest BCUT2D eigenvalue weighted by Crippen LogP contribution is -2.38. The first-order chi connectivity index (χ1) is 32.7. The van der Waals surface area contributed by atoms with Crippen LogP contribution in [0.4, 0.5) is 34.1 Å². The van der Waals surface area contributed by atoms with Crippen molar-refractivity contribution < 1.29 is 0 Å². The summed E-state index contributed by atoms with van der Waals surface area (Å²) in [7, 11) is 0. The van der Waals surface area contributed by atoms with Crippen molar-refractivity contribution in [2.75, 3.05) is 9.80 Å². The van der Waals surface area contributed by atoms with Gasteiger partial charge >= 0.3 is 0 Å². The van der Waals surface area contributed by atoms with Crippen LogP contribution in [0.3, 0.4) is 0 Å². The van der Waals surface area contributed by atoms with Crippen molar-refractivity contribution >= 4 is 34.1 Å². The van der Waals surface area contributed by atoms with Crippen LogP contribution in [0.2, 0.25) is 0 Å². The van der Waals surface area contributed by atoms with E-state index in [1.165, 1.54) is 44.5 Å². The number of para-hydroxylation sites is 4. The summed E-state index contributed by atoms with van der Waals surface area (Å²) in [5, 5.41) is 10.6. The second-order valence-electron chi connectivity index (χ2n) is 16.9. The maximum absolute atomic E-state index is 10.6. The summed E-state index contributed by atoms with van der Waals surface area (Å²) in [4.78, 5) is 9.66. The van der Waals surface area contributed by atoms with Crippen LogP contribution in [0.25, 0.3) is 11.1 Å². The average Bonchev–Trinajstić information content (AvgIpc) is 3.40. The lowest BCUT2D eigenvalue weighted by Gasteiger charge is -2.47. The predicted molar refractivity (Wildman–Crippen MR) is 267 cm³/mol. The molecule has 0 saturated carbocycles. The fraction of sp³-hybridized carbons (Fsp3) is 0.0323. The standard InChI is InChI=1S/C62H42N4/c63-42-44-37-38-55(65-57-33-17-13-29-51(57)61(45-21-5-1-6-22-45,46-23-7-2-8-24-46)52-30-14-18-34-58(52)65)49(41-44)50-43-64-40-39-56(50)66-59-35-19-15-31-53(59)62(47-25-9-3-10-26-47,48-27-11-4-12-28-48)54-32-16-20-36-60(54)66/h1-41,43H. The molecule has 2 aliphatic rings. The fourth-order valence-corrected chi connectivity index (χ4v) is 11.1. The molecular weight excluding hydrogens is 801 g/mol. The second-order valence-corrected chi connectivity index (χ2v) is 16.9. The van der Waals surface area contributed by atoms with Crippen molar-refractivity contribution in [1.29, 1.82) is 5.26 Å². The number of aromatic nitrogens is 1. The summed E-state index contributed by atoms with van der Waals surface area (Å²) in [5.41, 5.74) is 16.7. The SMILES string of the molecule is N#Cc1ccc(N2c3ccccc3C(c3ccccc3)(c3ccccc3)c3ccccc32)c(-c2cnccc2N2c3ccccc3C(c3ccccc3)(c3ccccc3)c3ccccc32)c1. The number of nitriles is 1. The van der Waals surface area contributed by atoms with Crippen LogP contribution in [-0.4, -0.2) is 4.98 Å². The molecule has 0 saturated heterocycles. The Kier molecular flexibility index (Phi) is 9.29. The monoisotopic (exact) mass is 842 g/mol. The third-order valence-electron chi connectivity index (χ3n) is 13.7. The van der Waals surface area contributed by atoms with Gasteiger partial charge in [0.25, 0.3) is 0 Å². The maximum Gasteiger partial charge on any atom is 0.0991 e. The molecule has 4 nitrogen and oxygen atoms in total. The van der Waals surface area contributed by atoms with Gasteiger partial charge in [-0.1, -0.05) is 194 Å².